The summed E-state index contributed by atoms with van der Waals surface area (Å²) in [6, 6.07) is 0. The van der Waals surface area contributed by atoms with Crippen molar-refractivity contribution < 1.29 is 22.7 Å². The van der Waals surface area contributed by atoms with Gasteiger partial charge in [0.2, 0.25) is 0 Å². The highest BCUT2D eigenvalue weighted by Gasteiger charge is 2.16. The van der Waals surface area contributed by atoms with Gasteiger partial charge in [-0.05, 0) is 6.42 Å². The predicted octanol–water partition coefficient (Wildman–Crippen LogP) is 6.31. The van der Waals surface area contributed by atoms with Crippen molar-refractivity contribution in [2.24, 2.45) is 0 Å². The van der Waals surface area contributed by atoms with Crippen molar-refractivity contribution in [3.63, 3.8) is 0 Å². The molecule has 5 heteroatoms. The number of carbonyl (C=O) groups is 1. The van der Waals surface area contributed by atoms with E-state index in [9.17, 15) is 18.0 Å². The molecule has 0 unspecified atom stereocenters. The van der Waals surface area contributed by atoms with Crippen LogP contribution in [-0.2, 0) is 9.53 Å². The Hall–Kier alpha value is -1.00. The van der Waals surface area contributed by atoms with E-state index in [1.54, 1.807) is 0 Å². The van der Waals surface area contributed by atoms with Crippen molar-refractivity contribution >= 4 is 5.97 Å². The number of ether oxygens (including phenoxy) is 1. The molecule has 0 rings (SSSR count). The van der Waals surface area contributed by atoms with Gasteiger partial charge in [-0.1, -0.05) is 77.6 Å². The molecule has 0 aliphatic heterocycles. The van der Waals surface area contributed by atoms with Crippen molar-refractivity contribution in [1.29, 1.82) is 0 Å². The first kappa shape index (κ1) is 21.0. The number of hydrogen-bond acceptors (Lipinski definition) is 2. The molecule has 0 aliphatic rings. The van der Waals surface area contributed by atoms with Crippen LogP contribution in [0.4, 0.5) is 13.2 Å². The Balaban J connectivity index is 3.24. The van der Waals surface area contributed by atoms with Gasteiger partial charge in [0.15, 0.2) is 0 Å². The average Bonchev–Trinajstić information content (AvgIpc) is 2.50. The Morgan fingerprint density at radius 3 is 1.55 bits per heavy atom. The number of esters is 1. The Kier molecular flexibility index (Phi) is 14.2. The summed E-state index contributed by atoms with van der Waals surface area (Å²) in [5.41, 5.74) is 0. The molecule has 0 heterocycles. The first-order valence-corrected chi connectivity index (χ1v) is 8.47. The van der Waals surface area contributed by atoms with E-state index in [2.05, 4.69) is 11.7 Å². The molecule has 0 N–H and O–H groups in total. The van der Waals surface area contributed by atoms with Crippen LogP contribution in [0.3, 0.4) is 0 Å². The fourth-order valence-corrected chi connectivity index (χ4v) is 2.25. The lowest BCUT2D eigenvalue weighted by atomic mass is 10.1. The molecule has 2 nitrogen and oxygen atoms in total. The molecule has 0 spiro atoms. The second-order valence-electron chi connectivity index (χ2n) is 5.60. The van der Waals surface area contributed by atoms with Crippen LogP contribution in [0.1, 0.15) is 84.0 Å². The zero-order chi connectivity index (χ0) is 16.6. The van der Waals surface area contributed by atoms with Crippen LogP contribution in [0.5, 0.6) is 0 Å². The lowest BCUT2D eigenvalue weighted by molar-refractivity contribution is -0.141. The lowest BCUT2D eigenvalue weighted by Crippen LogP contribution is -2.07. The lowest BCUT2D eigenvalue weighted by Gasteiger charge is -2.04. The fourth-order valence-electron chi connectivity index (χ4n) is 2.25. The van der Waals surface area contributed by atoms with Crippen LogP contribution >= 0.6 is 0 Å². The Bertz CT molecular complexity index is 313. The summed E-state index contributed by atoms with van der Waals surface area (Å²) in [5, 5.41) is 0. The minimum absolute atomic E-state index is 0.00301. The fraction of sp³-hybridized carbons (Fsp3) is 0.824. The molecular formula is C17H29F3O2. The van der Waals surface area contributed by atoms with Gasteiger partial charge in [0.1, 0.15) is 0 Å². The Labute approximate surface area is 132 Å². The summed E-state index contributed by atoms with van der Waals surface area (Å²) in [6.07, 6.45) is 11.4. The Morgan fingerprint density at radius 2 is 1.14 bits per heavy atom. The van der Waals surface area contributed by atoms with Gasteiger partial charge < -0.3 is 4.74 Å². The molecule has 22 heavy (non-hydrogen) atoms. The van der Waals surface area contributed by atoms with Gasteiger partial charge in [-0.2, -0.15) is 13.2 Å². The van der Waals surface area contributed by atoms with Gasteiger partial charge in [0.25, 0.3) is 5.83 Å². The van der Waals surface area contributed by atoms with Crippen molar-refractivity contribution in [2.45, 2.75) is 84.0 Å². The van der Waals surface area contributed by atoms with Gasteiger partial charge in [-0.25, -0.2) is 4.79 Å². The molecular weight excluding hydrogens is 293 g/mol. The van der Waals surface area contributed by atoms with Gasteiger partial charge >= 0.3 is 12.0 Å². The number of unbranched alkanes of at least 4 members (excludes halogenated alkanes) is 11. The molecule has 0 aromatic rings. The third-order valence-corrected chi connectivity index (χ3v) is 3.58. The van der Waals surface area contributed by atoms with E-state index in [4.69, 9.17) is 0 Å². The highest BCUT2D eigenvalue weighted by Crippen LogP contribution is 2.13. The van der Waals surface area contributed by atoms with E-state index in [0.29, 0.717) is 6.42 Å². The molecule has 0 atom stereocenters. The average molecular weight is 322 g/mol. The van der Waals surface area contributed by atoms with Gasteiger partial charge in [0.05, 0.1) is 6.61 Å². The Morgan fingerprint density at radius 1 is 0.727 bits per heavy atom. The highest BCUT2D eigenvalue weighted by atomic mass is 19.3. The van der Waals surface area contributed by atoms with Gasteiger partial charge in [-0.3, -0.25) is 0 Å². The van der Waals surface area contributed by atoms with Crippen LogP contribution in [0.15, 0.2) is 11.9 Å². The smallest absolute Gasteiger partial charge is 0.372 e. The van der Waals surface area contributed by atoms with Gasteiger partial charge in [-0.15, -0.1) is 0 Å². The molecule has 0 amide bonds. The first-order chi connectivity index (χ1) is 10.6. The summed E-state index contributed by atoms with van der Waals surface area (Å²) >= 11 is 0. The van der Waals surface area contributed by atoms with Crippen LogP contribution in [0.2, 0.25) is 0 Å². The monoisotopic (exact) mass is 322 g/mol. The maximum Gasteiger partial charge on any atom is 0.372 e. The van der Waals surface area contributed by atoms with Crippen molar-refractivity contribution in [3.05, 3.63) is 11.9 Å². The summed E-state index contributed by atoms with van der Waals surface area (Å²) in [7, 11) is 0. The minimum atomic E-state index is -2.63. The largest absolute Gasteiger partial charge is 0.460 e. The maximum atomic E-state index is 12.4. The van der Waals surface area contributed by atoms with E-state index in [-0.39, 0.29) is 6.61 Å². The second-order valence-corrected chi connectivity index (χ2v) is 5.60. The van der Waals surface area contributed by atoms with Crippen LogP contribution in [0, 0.1) is 0 Å². The van der Waals surface area contributed by atoms with Crippen molar-refractivity contribution in [1.82, 2.24) is 0 Å². The molecule has 0 radical (unpaired) electrons. The number of carbonyl (C=O) groups excluding carboxylic acids is 1. The molecule has 0 aromatic carbocycles. The molecule has 0 aromatic heterocycles. The van der Waals surface area contributed by atoms with E-state index in [1.807, 2.05) is 0 Å². The quantitative estimate of drug-likeness (QED) is 0.213. The summed E-state index contributed by atoms with van der Waals surface area (Å²) in [4.78, 5) is 10.8. The first-order valence-electron chi connectivity index (χ1n) is 8.47. The van der Waals surface area contributed by atoms with Crippen LogP contribution < -0.4 is 0 Å². The standard InChI is InChI=1S/C17H29F3O2/c1-2-3-4-5-6-7-8-9-10-11-12-13-14-22-17(21)15(18)16(19)20/h2-14H2,1H3. The third-order valence-electron chi connectivity index (χ3n) is 3.58. The van der Waals surface area contributed by atoms with E-state index >= 15 is 0 Å². The SMILES string of the molecule is CCCCCCCCCCCCCCOC(=O)C(F)=C(F)F. The zero-order valence-electron chi connectivity index (χ0n) is 13.6. The van der Waals surface area contributed by atoms with Gasteiger partial charge in [0, 0.05) is 0 Å². The highest BCUT2D eigenvalue weighted by molar-refractivity contribution is 5.86. The van der Waals surface area contributed by atoms with E-state index in [0.717, 1.165) is 19.3 Å². The number of hydrogen-bond donors (Lipinski definition) is 0. The summed E-state index contributed by atoms with van der Waals surface area (Å²) in [6.45, 7) is 2.21. The number of halogens is 3. The molecule has 0 aliphatic carbocycles. The molecule has 0 fully saturated rings. The van der Waals surface area contributed by atoms with Crippen molar-refractivity contribution in [3.8, 4) is 0 Å². The van der Waals surface area contributed by atoms with E-state index < -0.39 is 17.9 Å². The zero-order valence-corrected chi connectivity index (χ0v) is 13.6. The molecule has 0 saturated heterocycles. The third kappa shape index (κ3) is 12.7. The maximum absolute atomic E-state index is 12.4. The molecule has 0 bridgehead atoms. The normalized spacial score (nSPS) is 10.5. The molecule has 0 saturated carbocycles. The van der Waals surface area contributed by atoms with E-state index in [1.165, 1.54) is 51.4 Å². The second kappa shape index (κ2) is 14.9. The minimum Gasteiger partial charge on any atom is -0.460 e. The molecule has 130 valence electrons. The van der Waals surface area contributed by atoms with Crippen LogP contribution in [-0.4, -0.2) is 12.6 Å². The topological polar surface area (TPSA) is 26.3 Å². The van der Waals surface area contributed by atoms with Crippen molar-refractivity contribution in [2.75, 3.05) is 6.61 Å². The van der Waals surface area contributed by atoms with Crippen LogP contribution in [0.25, 0.3) is 0 Å². The summed E-state index contributed by atoms with van der Waals surface area (Å²) < 4.78 is 40.3. The summed E-state index contributed by atoms with van der Waals surface area (Å²) in [5.74, 6) is -3.65. The number of rotatable bonds is 14. The predicted molar refractivity (Wildman–Crippen MR) is 82.4 cm³/mol.